The van der Waals surface area contributed by atoms with Gasteiger partial charge in [0.2, 0.25) is 0 Å². The lowest BCUT2D eigenvalue weighted by Gasteiger charge is -2.13. The van der Waals surface area contributed by atoms with Gasteiger partial charge in [-0.2, -0.15) is 0 Å². The van der Waals surface area contributed by atoms with Gasteiger partial charge in [-0.05, 0) is 48.9 Å². The van der Waals surface area contributed by atoms with Crippen molar-refractivity contribution in [2.24, 2.45) is 0 Å². The van der Waals surface area contributed by atoms with Gasteiger partial charge in [0.25, 0.3) is 5.91 Å². The maximum Gasteiger partial charge on any atom is 0.251 e. The van der Waals surface area contributed by atoms with Gasteiger partial charge in [0.1, 0.15) is 23.9 Å². The number of hydrogen-bond acceptors (Lipinski definition) is 4. The van der Waals surface area contributed by atoms with Gasteiger partial charge >= 0.3 is 0 Å². The summed E-state index contributed by atoms with van der Waals surface area (Å²) < 4.78 is 16.3. The summed E-state index contributed by atoms with van der Waals surface area (Å²) in [5.41, 5.74) is 1.43. The van der Waals surface area contributed by atoms with Crippen LogP contribution in [0.3, 0.4) is 0 Å². The first-order valence-corrected chi connectivity index (χ1v) is 8.90. The van der Waals surface area contributed by atoms with Crippen LogP contribution in [-0.4, -0.2) is 26.7 Å². The average Bonchev–Trinajstić information content (AvgIpc) is 2.69. The minimum Gasteiger partial charge on any atom is -0.497 e. The first kappa shape index (κ1) is 19.6. The lowest BCUT2D eigenvalue weighted by Crippen LogP contribution is -2.24. The molecule has 0 aliphatic carbocycles. The van der Waals surface area contributed by atoms with E-state index in [2.05, 4.69) is 12.2 Å². The molecule has 140 valence electrons. The molecule has 1 N–H and O–H groups in total. The minimum absolute atomic E-state index is 0.0746. The van der Waals surface area contributed by atoms with Crippen molar-refractivity contribution in [2.45, 2.75) is 32.8 Å². The Kier molecular flexibility index (Phi) is 7.80. The highest BCUT2D eigenvalue weighted by Gasteiger charge is 2.11. The van der Waals surface area contributed by atoms with E-state index in [1.54, 1.807) is 26.4 Å². The highest BCUT2D eigenvalue weighted by Crippen LogP contribution is 2.23. The van der Waals surface area contributed by atoms with Crippen LogP contribution in [0.25, 0.3) is 0 Å². The monoisotopic (exact) mass is 357 g/mol. The standard InChI is InChI=1S/C21H27NO4/c1-4-5-6-13-22-21(23)16-7-12-20(25-3)17(14-16)15-26-19-10-8-18(24-2)9-11-19/h7-12,14H,4-6,13,15H2,1-3H3,(H,22,23). The summed E-state index contributed by atoms with van der Waals surface area (Å²) in [6.07, 6.45) is 3.24. The molecule has 2 rings (SSSR count). The van der Waals surface area contributed by atoms with Gasteiger partial charge in [0.15, 0.2) is 0 Å². The van der Waals surface area contributed by atoms with Crippen LogP contribution in [0.4, 0.5) is 0 Å². The molecule has 0 aliphatic rings. The van der Waals surface area contributed by atoms with E-state index in [1.807, 2.05) is 30.3 Å². The summed E-state index contributed by atoms with van der Waals surface area (Å²) in [5, 5.41) is 2.95. The summed E-state index contributed by atoms with van der Waals surface area (Å²) in [5.74, 6) is 2.12. The molecular formula is C21H27NO4. The van der Waals surface area contributed by atoms with Crippen molar-refractivity contribution in [3.63, 3.8) is 0 Å². The zero-order valence-corrected chi connectivity index (χ0v) is 15.7. The number of methoxy groups -OCH3 is 2. The first-order chi connectivity index (χ1) is 12.7. The van der Waals surface area contributed by atoms with Gasteiger partial charge in [-0.15, -0.1) is 0 Å². The summed E-state index contributed by atoms with van der Waals surface area (Å²) in [6, 6.07) is 12.8. The van der Waals surface area contributed by atoms with Gasteiger partial charge in [-0.1, -0.05) is 19.8 Å². The molecule has 0 atom stereocenters. The molecule has 5 nitrogen and oxygen atoms in total. The molecule has 0 heterocycles. The molecular weight excluding hydrogens is 330 g/mol. The fourth-order valence-corrected chi connectivity index (χ4v) is 2.54. The van der Waals surface area contributed by atoms with Crippen molar-refractivity contribution >= 4 is 5.91 Å². The SMILES string of the molecule is CCCCCNC(=O)c1ccc(OC)c(COc2ccc(OC)cc2)c1. The van der Waals surface area contributed by atoms with E-state index >= 15 is 0 Å². The molecule has 0 spiro atoms. The number of carbonyl (C=O) groups is 1. The number of benzene rings is 2. The lowest BCUT2D eigenvalue weighted by atomic mass is 10.1. The topological polar surface area (TPSA) is 56.8 Å². The fraction of sp³-hybridized carbons (Fsp3) is 0.381. The van der Waals surface area contributed by atoms with Crippen LogP contribution in [0.2, 0.25) is 0 Å². The first-order valence-electron chi connectivity index (χ1n) is 8.90. The third-order valence-electron chi connectivity index (χ3n) is 4.06. The van der Waals surface area contributed by atoms with Gasteiger partial charge in [0.05, 0.1) is 14.2 Å². The predicted octanol–water partition coefficient (Wildman–Crippen LogP) is 4.20. The Labute approximate surface area is 155 Å². The molecule has 2 aromatic rings. The number of unbranched alkanes of at least 4 members (excludes halogenated alkanes) is 2. The second-order valence-electron chi connectivity index (χ2n) is 5.95. The van der Waals surface area contributed by atoms with Crippen molar-refractivity contribution in [3.8, 4) is 17.2 Å². The highest BCUT2D eigenvalue weighted by molar-refractivity contribution is 5.94. The van der Waals surface area contributed by atoms with Crippen LogP contribution in [-0.2, 0) is 6.61 Å². The lowest BCUT2D eigenvalue weighted by molar-refractivity contribution is 0.0952. The molecule has 0 fully saturated rings. The number of ether oxygens (including phenoxy) is 3. The molecule has 0 saturated carbocycles. The van der Waals surface area contributed by atoms with Crippen LogP contribution in [0.1, 0.15) is 42.1 Å². The Hall–Kier alpha value is -2.69. The van der Waals surface area contributed by atoms with Crippen molar-refractivity contribution in [3.05, 3.63) is 53.6 Å². The zero-order chi connectivity index (χ0) is 18.8. The largest absolute Gasteiger partial charge is 0.497 e. The van der Waals surface area contributed by atoms with Crippen LogP contribution in [0.15, 0.2) is 42.5 Å². The van der Waals surface area contributed by atoms with E-state index in [9.17, 15) is 4.79 Å². The molecule has 0 aliphatic heterocycles. The minimum atomic E-state index is -0.0746. The van der Waals surface area contributed by atoms with Gasteiger partial charge < -0.3 is 19.5 Å². The second-order valence-corrected chi connectivity index (χ2v) is 5.95. The quantitative estimate of drug-likeness (QED) is 0.648. The summed E-state index contributed by atoms with van der Waals surface area (Å²) in [6.45, 7) is 3.14. The third-order valence-corrected chi connectivity index (χ3v) is 4.06. The van der Waals surface area contributed by atoms with Gasteiger partial charge in [-0.3, -0.25) is 4.79 Å². The molecule has 0 saturated heterocycles. The summed E-state index contributed by atoms with van der Waals surface area (Å²) in [7, 11) is 3.23. The molecule has 0 radical (unpaired) electrons. The molecule has 5 heteroatoms. The summed E-state index contributed by atoms with van der Waals surface area (Å²) >= 11 is 0. The fourth-order valence-electron chi connectivity index (χ4n) is 2.54. The van der Waals surface area contributed by atoms with Crippen molar-refractivity contribution in [1.29, 1.82) is 0 Å². The van der Waals surface area contributed by atoms with E-state index < -0.39 is 0 Å². The number of amides is 1. The average molecular weight is 357 g/mol. The van der Waals surface area contributed by atoms with Crippen LogP contribution in [0.5, 0.6) is 17.2 Å². The van der Waals surface area contributed by atoms with Gasteiger partial charge in [0, 0.05) is 17.7 Å². The number of rotatable bonds is 10. The van der Waals surface area contributed by atoms with Crippen LogP contribution >= 0.6 is 0 Å². The molecule has 0 unspecified atom stereocenters. The number of carbonyl (C=O) groups excluding carboxylic acids is 1. The van der Waals surface area contributed by atoms with E-state index in [0.29, 0.717) is 24.5 Å². The Bertz CT molecular complexity index is 698. The Morgan fingerprint density at radius 1 is 0.962 bits per heavy atom. The Morgan fingerprint density at radius 2 is 1.69 bits per heavy atom. The molecule has 26 heavy (non-hydrogen) atoms. The van der Waals surface area contributed by atoms with Crippen molar-refractivity contribution in [1.82, 2.24) is 5.32 Å². The van der Waals surface area contributed by atoms with Crippen molar-refractivity contribution < 1.29 is 19.0 Å². The maximum atomic E-state index is 12.3. The van der Waals surface area contributed by atoms with Crippen LogP contribution < -0.4 is 19.5 Å². The molecule has 1 amide bonds. The zero-order valence-electron chi connectivity index (χ0n) is 15.7. The maximum absolute atomic E-state index is 12.3. The smallest absolute Gasteiger partial charge is 0.251 e. The van der Waals surface area contributed by atoms with Gasteiger partial charge in [-0.25, -0.2) is 0 Å². The Morgan fingerprint density at radius 3 is 2.35 bits per heavy atom. The van der Waals surface area contributed by atoms with E-state index in [-0.39, 0.29) is 5.91 Å². The third kappa shape index (κ3) is 5.69. The normalized spacial score (nSPS) is 10.3. The number of nitrogens with one attached hydrogen (secondary N) is 1. The van der Waals surface area contributed by atoms with Crippen molar-refractivity contribution in [2.75, 3.05) is 20.8 Å². The Balaban J connectivity index is 2.02. The van der Waals surface area contributed by atoms with E-state index in [0.717, 1.165) is 36.3 Å². The molecule has 2 aromatic carbocycles. The van der Waals surface area contributed by atoms with Crippen LogP contribution in [0, 0.1) is 0 Å². The van der Waals surface area contributed by atoms with E-state index in [4.69, 9.17) is 14.2 Å². The highest BCUT2D eigenvalue weighted by atomic mass is 16.5. The van der Waals surface area contributed by atoms with E-state index in [1.165, 1.54) is 0 Å². The number of hydrogen-bond donors (Lipinski definition) is 1. The summed E-state index contributed by atoms with van der Waals surface area (Å²) in [4.78, 5) is 12.3. The second kappa shape index (κ2) is 10.3. The predicted molar refractivity (Wildman–Crippen MR) is 102 cm³/mol. The molecule has 0 aromatic heterocycles. The molecule has 0 bridgehead atoms.